The van der Waals surface area contributed by atoms with Gasteiger partial charge in [-0.25, -0.2) is 0 Å². The highest BCUT2D eigenvalue weighted by Crippen LogP contribution is 2.30. The number of nitrogens with two attached hydrogens (primary N) is 1. The second kappa shape index (κ2) is 6.02. The smallest absolute Gasteiger partial charge is 0.253 e. The normalized spacial score (nSPS) is 15.1. The number of hydrogen-bond donors (Lipinski definition) is 1. The zero-order chi connectivity index (χ0) is 14.0. The number of hydrogen-bond acceptors (Lipinski definition) is 2. The third-order valence-corrected chi connectivity index (χ3v) is 4.32. The summed E-state index contributed by atoms with van der Waals surface area (Å²) in [5.74, 6) is 0.613. The van der Waals surface area contributed by atoms with Crippen LogP contribution < -0.4 is 5.73 Å². The topological polar surface area (TPSA) is 46.3 Å². The van der Waals surface area contributed by atoms with Gasteiger partial charge in [0.05, 0.1) is 15.7 Å². The zero-order valence-electron chi connectivity index (χ0n) is 11.0. The Balaban J connectivity index is 2.16. The van der Waals surface area contributed by atoms with Crippen molar-refractivity contribution >= 4 is 34.8 Å². The third kappa shape index (κ3) is 3.15. The summed E-state index contributed by atoms with van der Waals surface area (Å²) in [6.45, 7) is 3.49. The molecule has 5 heteroatoms. The van der Waals surface area contributed by atoms with Crippen molar-refractivity contribution < 1.29 is 4.79 Å². The largest absolute Gasteiger partial charge is 0.396 e. The fraction of sp³-hybridized carbons (Fsp3) is 0.500. The number of nitrogen functional groups attached to an aromatic ring is 1. The molecule has 1 amide bonds. The van der Waals surface area contributed by atoms with Crippen LogP contribution in [0.4, 0.5) is 5.69 Å². The molecule has 3 nitrogen and oxygen atoms in total. The number of anilines is 1. The minimum absolute atomic E-state index is 0.0294. The van der Waals surface area contributed by atoms with Crippen molar-refractivity contribution in [1.82, 2.24) is 4.90 Å². The number of nitrogens with zero attached hydrogens (tertiary/aromatic N) is 1. The van der Waals surface area contributed by atoms with Crippen LogP contribution in [0.3, 0.4) is 0 Å². The van der Waals surface area contributed by atoms with Crippen molar-refractivity contribution in [3.05, 3.63) is 27.7 Å². The van der Waals surface area contributed by atoms with Crippen LogP contribution in [0.5, 0.6) is 0 Å². The molecule has 1 aliphatic rings. The predicted molar refractivity (Wildman–Crippen MR) is 79.8 cm³/mol. The average molecular weight is 301 g/mol. The van der Waals surface area contributed by atoms with Gasteiger partial charge >= 0.3 is 0 Å². The summed E-state index contributed by atoms with van der Waals surface area (Å²) in [6, 6.07) is 3.18. The third-order valence-electron chi connectivity index (χ3n) is 3.70. The van der Waals surface area contributed by atoms with Gasteiger partial charge in [0.2, 0.25) is 0 Å². The molecule has 0 aliphatic heterocycles. The van der Waals surface area contributed by atoms with E-state index in [4.69, 9.17) is 28.9 Å². The van der Waals surface area contributed by atoms with Crippen molar-refractivity contribution in [3.8, 4) is 0 Å². The van der Waals surface area contributed by atoms with Gasteiger partial charge < -0.3 is 10.6 Å². The van der Waals surface area contributed by atoms with Crippen LogP contribution in [0.2, 0.25) is 10.0 Å². The molecule has 1 aliphatic carbocycles. The number of benzene rings is 1. The number of amides is 1. The fourth-order valence-corrected chi connectivity index (χ4v) is 2.72. The van der Waals surface area contributed by atoms with Crippen molar-refractivity contribution in [2.24, 2.45) is 5.92 Å². The van der Waals surface area contributed by atoms with Gasteiger partial charge in [0.25, 0.3) is 5.91 Å². The minimum atomic E-state index is -0.0294. The molecule has 1 aromatic rings. The first-order valence-corrected chi connectivity index (χ1v) is 7.32. The maximum atomic E-state index is 12.4. The van der Waals surface area contributed by atoms with E-state index in [1.807, 2.05) is 11.8 Å². The summed E-state index contributed by atoms with van der Waals surface area (Å²) >= 11 is 12.0. The van der Waals surface area contributed by atoms with E-state index in [1.165, 1.54) is 19.3 Å². The van der Waals surface area contributed by atoms with Crippen LogP contribution in [-0.4, -0.2) is 23.9 Å². The standard InChI is InChI=1S/C14H18Cl2N2O/c1-2-18(8-9-4-3-5-9)14(19)10-6-11(15)13(17)12(16)7-10/h6-7,9H,2-5,8,17H2,1H3. The monoisotopic (exact) mass is 300 g/mol. The molecule has 0 heterocycles. The molecule has 0 saturated heterocycles. The Hall–Kier alpha value is -0.930. The Bertz CT molecular complexity index is 463. The minimum Gasteiger partial charge on any atom is -0.396 e. The van der Waals surface area contributed by atoms with Gasteiger partial charge in [0.15, 0.2) is 0 Å². The van der Waals surface area contributed by atoms with Gasteiger partial charge in [-0.1, -0.05) is 29.6 Å². The van der Waals surface area contributed by atoms with Crippen molar-refractivity contribution in [2.75, 3.05) is 18.8 Å². The Morgan fingerprint density at radius 1 is 1.37 bits per heavy atom. The van der Waals surface area contributed by atoms with Crippen LogP contribution in [0.15, 0.2) is 12.1 Å². The summed E-state index contributed by atoms with van der Waals surface area (Å²) in [4.78, 5) is 14.3. The van der Waals surface area contributed by atoms with Gasteiger partial charge in [0.1, 0.15) is 0 Å². The lowest BCUT2D eigenvalue weighted by molar-refractivity contribution is 0.0706. The lowest BCUT2D eigenvalue weighted by Crippen LogP contribution is -2.37. The van der Waals surface area contributed by atoms with Crippen molar-refractivity contribution in [3.63, 3.8) is 0 Å². The SMILES string of the molecule is CCN(CC1CCC1)C(=O)c1cc(Cl)c(N)c(Cl)c1. The summed E-state index contributed by atoms with van der Waals surface area (Å²) in [5, 5.41) is 0.658. The molecule has 2 N–H and O–H groups in total. The molecule has 19 heavy (non-hydrogen) atoms. The lowest BCUT2D eigenvalue weighted by atomic mass is 9.85. The van der Waals surface area contributed by atoms with Crippen LogP contribution >= 0.6 is 23.2 Å². The van der Waals surface area contributed by atoms with E-state index < -0.39 is 0 Å². The van der Waals surface area contributed by atoms with E-state index in [2.05, 4.69) is 0 Å². The van der Waals surface area contributed by atoms with Crippen molar-refractivity contribution in [2.45, 2.75) is 26.2 Å². The van der Waals surface area contributed by atoms with Gasteiger partial charge in [0, 0.05) is 18.7 Å². The van der Waals surface area contributed by atoms with E-state index in [0.717, 1.165) is 6.54 Å². The second-order valence-corrected chi connectivity index (χ2v) is 5.81. The Morgan fingerprint density at radius 2 is 1.95 bits per heavy atom. The van der Waals surface area contributed by atoms with Gasteiger partial charge in [-0.05, 0) is 37.8 Å². The highest BCUT2D eigenvalue weighted by atomic mass is 35.5. The molecule has 0 radical (unpaired) electrons. The highest BCUT2D eigenvalue weighted by Gasteiger charge is 2.24. The van der Waals surface area contributed by atoms with Crippen LogP contribution in [-0.2, 0) is 0 Å². The van der Waals surface area contributed by atoms with Crippen molar-refractivity contribution in [1.29, 1.82) is 0 Å². The lowest BCUT2D eigenvalue weighted by Gasteiger charge is -2.32. The second-order valence-electron chi connectivity index (χ2n) is 4.99. The number of halogens is 2. The summed E-state index contributed by atoms with van der Waals surface area (Å²) in [7, 11) is 0. The maximum Gasteiger partial charge on any atom is 0.253 e. The van der Waals surface area contributed by atoms with Crippen LogP contribution in [0.25, 0.3) is 0 Å². The average Bonchev–Trinajstić information content (AvgIpc) is 2.33. The molecular weight excluding hydrogens is 283 g/mol. The van der Waals surface area contributed by atoms with E-state index in [0.29, 0.717) is 33.8 Å². The molecule has 0 unspecified atom stereocenters. The Kier molecular flexibility index (Phi) is 4.58. The first kappa shape index (κ1) is 14.5. The van der Waals surface area contributed by atoms with Gasteiger partial charge in [-0.3, -0.25) is 4.79 Å². The molecule has 0 bridgehead atoms. The Labute approximate surface area is 123 Å². The van der Waals surface area contributed by atoms with Crippen LogP contribution in [0, 0.1) is 5.92 Å². The summed E-state index contributed by atoms with van der Waals surface area (Å²) in [5.41, 5.74) is 6.51. The fourth-order valence-electron chi connectivity index (χ4n) is 2.23. The van der Waals surface area contributed by atoms with E-state index in [-0.39, 0.29) is 5.91 Å². The maximum absolute atomic E-state index is 12.4. The van der Waals surface area contributed by atoms with E-state index in [1.54, 1.807) is 12.1 Å². The quantitative estimate of drug-likeness (QED) is 0.859. The molecule has 104 valence electrons. The molecule has 2 rings (SSSR count). The molecule has 1 aromatic carbocycles. The Morgan fingerprint density at radius 3 is 2.37 bits per heavy atom. The first-order valence-electron chi connectivity index (χ1n) is 6.56. The first-order chi connectivity index (χ1) is 9.02. The number of carbonyl (C=O) groups is 1. The molecule has 1 saturated carbocycles. The summed E-state index contributed by atoms with van der Waals surface area (Å²) in [6.07, 6.45) is 3.70. The molecule has 0 spiro atoms. The van der Waals surface area contributed by atoms with Gasteiger partial charge in [-0.15, -0.1) is 0 Å². The molecule has 1 fully saturated rings. The molecule has 0 aromatic heterocycles. The molecular formula is C14H18Cl2N2O. The van der Waals surface area contributed by atoms with E-state index in [9.17, 15) is 4.79 Å². The van der Waals surface area contributed by atoms with Crippen LogP contribution in [0.1, 0.15) is 36.5 Å². The van der Waals surface area contributed by atoms with Gasteiger partial charge in [-0.2, -0.15) is 0 Å². The number of rotatable bonds is 4. The molecule has 0 atom stereocenters. The number of carbonyl (C=O) groups excluding carboxylic acids is 1. The van der Waals surface area contributed by atoms with E-state index >= 15 is 0 Å². The summed E-state index contributed by atoms with van der Waals surface area (Å²) < 4.78 is 0. The zero-order valence-corrected chi connectivity index (χ0v) is 12.5. The highest BCUT2D eigenvalue weighted by molar-refractivity contribution is 6.39. The predicted octanol–water partition coefficient (Wildman–Crippen LogP) is 3.84.